The number of carbonyl (C=O) groups is 1. The Morgan fingerprint density at radius 3 is 2.58 bits per heavy atom. The molecule has 1 aliphatic rings. The number of aryl methyl sites for hydroxylation is 1. The van der Waals surface area contributed by atoms with Crippen LogP contribution in [0.2, 0.25) is 0 Å². The highest BCUT2D eigenvalue weighted by Gasteiger charge is 2.24. The highest BCUT2D eigenvalue weighted by molar-refractivity contribution is 5.94. The van der Waals surface area contributed by atoms with Gasteiger partial charge in [-0.3, -0.25) is 23.3 Å². The number of rotatable bonds is 6. The molecule has 2 aromatic heterocycles. The molecule has 10 nitrogen and oxygen atoms in total. The van der Waals surface area contributed by atoms with E-state index in [1.54, 1.807) is 42.8 Å². The summed E-state index contributed by atoms with van der Waals surface area (Å²) in [5.41, 5.74) is 0.280. The Labute approximate surface area is 190 Å². The number of nitrogens with zero attached hydrogens (tertiary/aromatic N) is 5. The zero-order valence-electron chi connectivity index (χ0n) is 18.8. The third kappa shape index (κ3) is 4.40. The van der Waals surface area contributed by atoms with Crippen LogP contribution in [-0.2, 0) is 20.1 Å². The van der Waals surface area contributed by atoms with Crippen molar-refractivity contribution in [1.29, 1.82) is 0 Å². The lowest BCUT2D eigenvalue weighted by Gasteiger charge is -2.28. The minimum atomic E-state index is -0.473. The van der Waals surface area contributed by atoms with Crippen LogP contribution in [-0.4, -0.2) is 57.3 Å². The van der Waals surface area contributed by atoms with Gasteiger partial charge in [-0.15, -0.1) is 5.92 Å². The molecule has 4 rings (SSSR count). The number of piperazine rings is 1. The van der Waals surface area contributed by atoms with Crippen molar-refractivity contribution in [3.8, 4) is 11.8 Å². The van der Waals surface area contributed by atoms with Crippen LogP contribution in [0.15, 0.2) is 39.9 Å². The first-order chi connectivity index (χ1) is 16.0. The highest BCUT2D eigenvalue weighted by atomic mass is 16.2. The molecule has 3 aromatic rings. The molecule has 0 bridgehead atoms. The van der Waals surface area contributed by atoms with Crippen molar-refractivity contribution in [3.05, 3.63) is 56.7 Å². The number of anilines is 1. The van der Waals surface area contributed by atoms with E-state index in [4.69, 9.17) is 0 Å². The molecular formula is C23H27N7O3. The summed E-state index contributed by atoms with van der Waals surface area (Å²) in [5.74, 6) is 6.26. The summed E-state index contributed by atoms with van der Waals surface area (Å²) >= 11 is 0. The fourth-order valence-corrected chi connectivity index (χ4v) is 3.94. The van der Waals surface area contributed by atoms with Crippen molar-refractivity contribution in [2.75, 3.05) is 37.6 Å². The number of imidazole rings is 1. The maximum atomic E-state index is 13.4. The minimum Gasteiger partial charge on any atom is -0.350 e. The third-order valence-corrected chi connectivity index (χ3v) is 5.68. The largest absolute Gasteiger partial charge is 0.350 e. The smallest absolute Gasteiger partial charge is 0.332 e. The summed E-state index contributed by atoms with van der Waals surface area (Å²) in [4.78, 5) is 45.5. The number of amides is 1. The number of hydrogen-bond donors (Lipinski definition) is 2. The quantitative estimate of drug-likeness (QED) is 0.503. The van der Waals surface area contributed by atoms with E-state index in [0.29, 0.717) is 29.2 Å². The van der Waals surface area contributed by atoms with Crippen molar-refractivity contribution in [3.63, 3.8) is 0 Å². The molecule has 172 valence electrons. The zero-order valence-corrected chi connectivity index (χ0v) is 18.8. The summed E-state index contributed by atoms with van der Waals surface area (Å²) in [6.07, 6.45) is 0. The van der Waals surface area contributed by atoms with Crippen LogP contribution in [0.4, 0.5) is 5.95 Å². The Hall–Kier alpha value is -3.84. The SMILES string of the molecule is CC#CCn1c(N2CCNCC2)nc2c1c(=O)n(CCNC(=O)c1ccccc1)c(=O)n2C. The molecule has 0 saturated carbocycles. The Balaban J connectivity index is 1.70. The predicted molar refractivity (Wildman–Crippen MR) is 127 cm³/mol. The van der Waals surface area contributed by atoms with Gasteiger partial charge in [-0.25, -0.2) is 4.79 Å². The fourth-order valence-electron chi connectivity index (χ4n) is 3.94. The van der Waals surface area contributed by atoms with Crippen LogP contribution in [0, 0.1) is 11.8 Å². The second-order valence-electron chi connectivity index (χ2n) is 7.75. The second-order valence-corrected chi connectivity index (χ2v) is 7.75. The summed E-state index contributed by atoms with van der Waals surface area (Å²) in [7, 11) is 1.60. The molecule has 1 amide bonds. The molecule has 0 radical (unpaired) electrons. The molecule has 1 aromatic carbocycles. The molecule has 3 heterocycles. The highest BCUT2D eigenvalue weighted by Crippen LogP contribution is 2.19. The van der Waals surface area contributed by atoms with Gasteiger partial charge >= 0.3 is 5.69 Å². The van der Waals surface area contributed by atoms with Gasteiger partial charge in [0.2, 0.25) is 5.95 Å². The first-order valence-corrected chi connectivity index (χ1v) is 10.9. The van der Waals surface area contributed by atoms with E-state index in [9.17, 15) is 14.4 Å². The maximum absolute atomic E-state index is 13.4. The molecule has 2 N–H and O–H groups in total. The van der Waals surface area contributed by atoms with Crippen LogP contribution in [0.3, 0.4) is 0 Å². The molecule has 0 aliphatic carbocycles. The number of benzene rings is 1. The normalized spacial score (nSPS) is 13.6. The summed E-state index contributed by atoms with van der Waals surface area (Å²) < 4.78 is 4.32. The molecule has 1 fully saturated rings. The van der Waals surface area contributed by atoms with E-state index in [2.05, 4.69) is 32.4 Å². The van der Waals surface area contributed by atoms with Crippen LogP contribution < -0.4 is 26.8 Å². The Morgan fingerprint density at radius 2 is 1.88 bits per heavy atom. The average molecular weight is 450 g/mol. The summed E-state index contributed by atoms with van der Waals surface area (Å²) in [6, 6.07) is 8.80. The van der Waals surface area contributed by atoms with Gasteiger partial charge in [-0.05, 0) is 19.1 Å². The summed E-state index contributed by atoms with van der Waals surface area (Å²) in [6.45, 7) is 5.35. The lowest BCUT2D eigenvalue weighted by atomic mass is 10.2. The van der Waals surface area contributed by atoms with E-state index < -0.39 is 11.2 Å². The van der Waals surface area contributed by atoms with Gasteiger partial charge in [0.25, 0.3) is 11.5 Å². The van der Waals surface area contributed by atoms with Crippen LogP contribution >= 0.6 is 0 Å². The third-order valence-electron chi connectivity index (χ3n) is 5.68. The lowest BCUT2D eigenvalue weighted by Crippen LogP contribution is -2.44. The lowest BCUT2D eigenvalue weighted by molar-refractivity contribution is 0.0952. The first-order valence-electron chi connectivity index (χ1n) is 10.9. The molecule has 1 saturated heterocycles. The van der Waals surface area contributed by atoms with Crippen molar-refractivity contribution in [1.82, 2.24) is 29.3 Å². The second kappa shape index (κ2) is 9.75. The van der Waals surface area contributed by atoms with Gasteiger partial charge in [0.1, 0.15) is 0 Å². The van der Waals surface area contributed by atoms with Gasteiger partial charge < -0.3 is 15.5 Å². The van der Waals surface area contributed by atoms with Crippen molar-refractivity contribution < 1.29 is 4.79 Å². The summed E-state index contributed by atoms with van der Waals surface area (Å²) in [5, 5.41) is 6.07. The fraction of sp³-hybridized carbons (Fsp3) is 0.391. The number of carbonyl (C=O) groups excluding carboxylic acids is 1. The molecule has 0 spiro atoms. The van der Waals surface area contributed by atoms with Gasteiger partial charge in [-0.1, -0.05) is 24.1 Å². The van der Waals surface area contributed by atoms with E-state index in [1.165, 1.54) is 4.57 Å². The monoisotopic (exact) mass is 449 g/mol. The Morgan fingerprint density at radius 1 is 1.15 bits per heavy atom. The first kappa shape index (κ1) is 22.4. The van der Waals surface area contributed by atoms with E-state index in [-0.39, 0.29) is 19.0 Å². The minimum absolute atomic E-state index is 0.0492. The van der Waals surface area contributed by atoms with Crippen molar-refractivity contribution >= 4 is 23.0 Å². The number of hydrogen-bond acceptors (Lipinski definition) is 6. The van der Waals surface area contributed by atoms with Crippen molar-refractivity contribution in [2.45, 2.75) is 20.0 Å². The van der Waals surface area contributed by atoms with Gasteiger partial charge in [-0.2, -0.15) is 4.98 Å². The predicted octanol–water partition coefficient (Wildman–Crippen LogP) is -0.240. The molecule has 1 aliphatic heterocycles. The standard InChI is InChI=1S/C23H27N7O3/c1-3-4-13-29-18-19(26-22(29)28-14-10-24-11-15-28)27(2)23(33)30(21(18)32)16-12-25-20(31)17-8-6-5-7-9-17/h5-9,24H,10-16H2,1-2H3,(H,25,31). The Kier molecular flexibility index (Phi) is 6.60. The van der Waals surface area contributed by atoms with Crippen LogP contribution in [0.25, 0.3) is 11.2 Å². The Bertz CT molecular complexity index is 1340. The number of aromatic nitrogens is 4. The molecule has 0 atom stereocenters. The van der Waals surface area contributed by atoms with Gasteiger partial charge in [0.15, 0.2) is 11.2 Å². The van der Waals surface area contributed by atoms with Gasteiger partial charge in [0, 0.05) is 51.9 Å². The topological polar surface area (TPSA) is 106 Å². The molecule has 0 unspecified atom stereocenters. The molecule has 33 heavy (non-hydrogen) atoms. The van der Waals surface area contributed by atoms with Crippen LogP contribution in [0.1, 0.15) is 17.3 Å². The number of nitrogens with one attached hydrogen (secondary N) is 2. The number of fused-ring (bicyclic) bond motifs is 1. The van der Waals surface area contributed by atoms with E-state index in [1.807, 2.05) is 6.07 Å². The average Bonchev–Trinajstić information content (AvgIpc) is 3.24. The van der Waals surface area contributed by atoms with Crippen LogP contribution in [0.5, 0.6) is 0 Å². The zero-order chi connectivity index (χ0) is 23.4. The van der Waals surface area contributed by atoms with E-state index in [0.717, 1.165) is 30.7 Å². The molecule has 10 heteroatoms. The molecular weight excluding hydrogens is 422 g/mol. The maximum Gasteiger partial charge on any atom is 0.332 e. The van der Waals surface area contributed by atoms with Crippen molar-refractivity contribution in [2.24, 2.45) is 7.05 Å². The van der Waals surface area contributed by atoms with Gasteiger partial charge in [0.05, 0.1) is 6.54 Å². The van der Waals surface area contributed by atoms with E-state index >= 15 is 0 Å².